The molecule has 0 aromatic rings. The Morgan fingerprint density at radius 1 is 1.44 bits per heavy atom. The quantitative estimate of drug-likeness (QED) is 0.763. The van der Waals surface area contributed by atoms with E-state index in [1.807, 2.05) is 0 Å². The number of carboxylic acids is 1. The predicted molar refractivity (Wildman–Crippen MR) is 49.5 cm³/mol. The summed E-state index contributed by atoms with van der Waals surface area (Å²) in [4.78, 5) is 10.3. The standard InChI is InChI=1S/C10H9F3O3/c11-10(12,13)16-9(7-4-8(14)15)5-2-1-3-6-9/h1-5,7H,6H2,(H,14,15). The van der Waals surface area contributed by atoms with Crippen LogP contribution in [0.5, 0.6) is 0 Å². The first-order valence-electron chi connectivity index (χ1n) is 4.36. The van der Waals surface area contributed by atoms with Gasteiger partial charge in [0, 0.05) is 12.5 Å². The van der Waals surface area contributed by atoms with E-state index in [2.05, 4.69) is 4.74 Å². The molecule has 1 N–H and O–H groups in total. The van der Waals surface area contributed by atoms with Crippen molar-refractivity contribution in [3.63, 3.8) is 0 Å². The Morgan fingerprint density at radius 2 is 2.12 bits per heavy atom. The van der Waals surface area contributed by atoms with E-state index in [4.69, 9.17) is 5.11 Å². The minimum absolute atomic E-state index is 0.0627. The van der Waals surface area contributed by atoms with Gasteiger partial charge in [0.15, 0.2) is 0 Å². The molecule has 88 valence electrons. The molecule has 1 rings (SSSR count). The number of carboxylic acid groups (broad SMARTS) is 1. The minimum atomic E-state index is -4.82. The van der Waals surface area contributed by atoms with Crippen molar-refractivity contribution >= 4 is 5.97 Å². The Balaban J connectivity index is 2.90. The molecule has 0 radical (unpaired) electrons. The van der Waals surface area contributed by atoms with E-state index in [0.717, 1.165) is 6.08 Å². The van der Waals surface area contributed by atoms with Gasteiger partial charge in [0.1, 0.15) is 5.60 Å². The van der Waals surface area contributed by atoms with E-state index in [1.54, 1.807) is 6.08 Å². The van der Waals surface area contributed by atoms with Gasteiger partial charge in [-0.15, -0.1) is 13.2 Å². The van der Waals surface area contributed by atoms with Gasteiger partial charge < -0.3 is 5.11 Å². The molecule has 0 saturated heterocycles. The molecule has 0 amide bonds. The Hall–Kier alpha value is -1.56. The van der Waals surface area contributed by atoms with Crippen molar-refractivity contribution in [2.45, 2.75) is 18.4 Å². The summed E-state index contributed by atoms with van der Waals surface area (Å²) in [5, 5.41) is 8.39. The van der Waals surface area contributed by atoms with Gasteiger partial charge in [0.25, 0.3) is 0 Å². The lowest BCUT2D eigenvalue weighted by molar-refractivity contribution is -0.350. The van der Waals surface area contributed by atoms with Gasteiger partial charge in [-0.2, -0.15) is 0 Å². The zero-order valence-electron chi connectivity index (χ0n) is 8.07. The molecule has 0 bridgehead atoms. The summed E-state index contributed by atoms with van der Waals surface area (Å²) in [5.41, 5.74) is -1.76. The lowest BCUT2D eigenvalue weighted by Crippen LogP contribution is -2.35. The van der Waals surface area contributed by atoms with Gasteiger partial charge >= 0.3 is 12.3 Å². The van der Waals surface area contributed by atoms with Crippen LogP contribution >= 0.6 is 0 Å². The number of aliphatic carboxylic acids is 1. The van der Waals surface area contributed by atoms with Crippen molar-refractivity contribution in [2.24, 2.45) is 0 Å². The van der Waals surface area contributed by atoms with Crippen molar-refractivity contribution in [3.05, 3.63) is 36.5 Å². The van der Waals surface area contributed by atoms with Crippen LogP contribution in [0.15, 0.2) is 36.5 Å². The summed E-state index contributed by atoms with van der Waals surface area (Å²) >= 11 is 0. The van der Waals surface area contributed by atoms with Crippen molar-refractivity contribution in [3.8, 4) is 0 Å². The lowest BCUT2D eigenvalue weighted by Gasteiger charge is -2.28. The average molecular weight is 234 g/mol. The normalized spacial score (nSPS) is 25.2. The third-order valence-corrected chi connectivity index (χ3v) is 1.88. The molecule has 0 heterocycles. The second-order valence-corrected chi connectivity index (χ2v) is 3.17. The highest BCUT2D eigenvalue weighted by Crippen LogP contribution is 2.32. The number of allylic oxidation sites excluding steroid dienone is 2. The highest BCUT2D eigenvalue weighted by atomic mass is 19.4. The lowest BCUT2D eigenvalue weighted by atomic mass is 9.94. The molecule has 0 aromatic heterocycles. The number of hydrogen-bond acceptors (Lipinski definition) is 2. The highest BCUT2D eigenvalue weighted by Gasteiger charge is 2.40. The molecule has 1 atom stereocenters. The van der Waals surface area contributed by atoms with Crippen LogP contribution in [0.2, 0.25) is 0 Å². The number of alkyl halides is 3. The van der Waals surface area contributed by atoms with Crippen LogP contribution in [-0.2, 0) is 9.53 Å². The summed E-state index contributed by atoms with van der Waals surface area (Å²) in [6.45, 7) is 0. The number of hydrogen-bond donors (Lipinski definition) is 1. The molecule has 1 aliphatic rings. The molecule has 1 aliphatic carbocycles. The summed E-state index contributed by atoms with van der Waals surface area (Å²) in [6, 6.07) is 0. The van der Waals surface area contributed by atoms with Gasteiger partial charge in [-0.3, -0.25) is 4.74 Å². The zero-order chi connectivity index (χ0) is 12.2. The molecular weight excluding hydrogens is 225 g/mol. The molecular formula is C10H9F3O3. The van der Waals surface area contributed by atoms with E-state index in [1.165, 1.54) is 18.2 Å². The highest BCUT2D eigenvalue weighted by molar-refractivity contribution is 5.80. The van der Waals surface area contributed by atoms with Crippen molar-refractivity contribution < 1.29 is 27.8 Å². The van der Waals surface area contributed by atoms with Crippen LogP contribution in [0.4, 0.5) is 13.2 Å². The van der Waals surface area contributed by atoms with Crippen molar-refractivity contribution in [1.29, 1.82) is 0 Å². The summed E-state index contributed by atoms with van der Waals surface area (Å²) < 4.78 is 40.4. The minimum Gasteiger partial charge on any atom is -0.478 e. The van der Waals surface area contributed by atoms with Gasteiger partial charge in [0.2, 0.25) is 0 Å². The number of rotatable bonds is 3. The number of halogens is 3. The molecule has 0 fully saturated rings. The molecule has 0 saturated carbocycles. The van der Waals surface area contributed by atoms with Crippen molar-refractivity contribution in [1.82, 2.24) is 0 Å². The first-order chi connectivity index (χ1) is 7.33. The van der Waals surface area contributed by atoms with Crippen LogP contribution in [0.1, 0.15) is 6.42 Å². The fraction of sp³-hybridized carbons (Fsp3) is 0.300. The number of ether oxygens (including phenoxy) is 1. The molecule has 3 nitrogen and oxygen atoms in total. The first kappa shape index (κ1) is 12.5. The van der Waals surface area contributed by atoms with Gasteiger partial charge in [-0.05, 0) is 12.2 Å². The Bertz CT molecular complexity index is 355. The zero-order valence-corrected chi connectivity index (χ0v) is 8.07. The van der Waals surface area contributed by atoms with Gasteiger partial charge in [-0.1, -0.05) is 18.2 Å². The van der Waals surface area contributed by atoms with E-state index in [9.17, 15) is 18.0 Å². The first-order valence-corrected chi connectivity index (χ1v) is 4.36. The van der Waals surface area contributed by atoms with Crippen LogP contribution < -0.4 is 0 Å². The van der Waals surface area contributed by atoms with Crippen molar-refractivity contribution in [2.75, 3.05) is 0 Å². The monoisotopic (exact) mass is 234 g/mol. The van der Waals surface area contributed by atoms with Crippen LogP contribution in [-0.4, -0.2) is 23.0 Å². The Labute approximate surface area is 89.5 Å². The molecule has 0 spiro atoms. The van der Waals surface area contributed by atoms with Crippen LogP contribution in [0.3, 0.4) is 0 Å². The van der Waals surface area contributed by atoms with E-state index >= 15 is 0 Å². The average Bonchev–Trinajstić information content (AvgIpc) is 2.14. The maximum absolute atomic E-state index is 12.1. The maximum atomic E-state index is 12.1. The van der Waals surface area contributed by atoms with E-state index in [-0.39, 0.29) is 6.42 Å². The second kappa shape index (κ2) is 4.52. The third-order valence-electron chi connectivity index (χ3n) is 1.88. The Kier molecular flexibility index (Phi) is 3.54. The van der Waals surface area contributed by atoms with E-state index < -0.39 is 17.9 Å². The maximum Gasteiger partial charge on any atom is 0.523 e. The molecule has 6 heteroatoms. The van der Waals surface area contributed by atoms with Crippen LogP contribution in [0, 0.1) is 0 Å². The second-order valence-electron chi connectivity index (χ2n) is 3.17. The predicted octanol–water partition coefficient (Wildman–Crippen LogP) is 2.42. The topological polar surface area (TPSA) is 46.5 Å². The van der Waals surface area contributed by atoms with Gasteiger partial charge in [-0.25, -0.2) is 4.79 Å². The van der Waals surface area contributed by atoms with Crippen LogP contribution in [0.25, 0.3) is 0 Å². The summed E-state index contributed by atoms with van der Waals surface area (Å²) in [5.74, 6) is -1.33. The largest absolute Gasteiger partial charge is 0.523 e. The third kappa shape index (κ3) is 3.90. The fourth-order valence-corrected chi connectivity index (χ4v) is 1.28. The number of carbonyl (C=O) groups is 1. The molecule has 0 aromatic carbocycles. The molecule has 0 aliphatic heterocycles. The summed E-state index contributed by atoms with van der Waals surface area (Å²) in [7, 11) is 0. The van der Waals surface area contributed by atoms with Gasteiger partial charge in [0.05, 0.1) is 0 Å². The smallest absolute Gasteiger partial charge is 0.478 e. The van der Waals surface area contributed by atoms with E-state index in [0.29, 0.717) is 6.08 Å². The molecule has 1 unspecified atom stereocenters. The molecule has 16 heavy (non-hydrogen) atoms. The Morgan fingerprint density at radius 3 is 2.56 bits per heavy atom. The fourth-order valence-electron chi connectivity index (χ4n) is 1.28. The summed E-state index contributed by atoms with van der Waals surface area (Å²) in [6.07, 6.45) is 2.20. The SMILES string of the molecule is O=C(O)C=CC1(OC(F)(F)F)C=CC=CC1.